The molecule has 0 bridgehead atoms. The van der Waals surface area contributed by atoms with Crippen LogP contribution in [0.5, 0.6) is 0 Å². The summed E-state index contributed by atoms with van der Waals surface area (Å²) >= 11 is 1.40. The van der Waals surface area contributed by atoms with E-state index in [1.54, 1.807) is 0 Å². The monoisotopic (exact) mass is 211 g/mol. The normalized spacial score (nSPS) is 5.50. The first-order valence-corrected chi connectivity index (χ1v) is 1.73. The van der Waals surface area contributed by atoms with E-state index in [9.17, 15) is 4.79 Å². The van der Waals surface area contributed by atoms with Crippen molar-refractivity contribution in [3.8, 4) is 0 Å². The molecule has 0 rings (SSSR count). The minimum absolute atomic E-state index is 0. The summed E-state index contributed by atoms with van der Waals surface area (Å²) in [6.45, 7) is 0. The number of halogens is 1. The predicted octanol–water partition coefficient (Wildman–Crippen LogP) is -0.217. The fourth-order valence-corrected chi connectivity index (χ4v) is 0. The minimum atomic E-state index is -0.759. The number of hydrogen-bond acceptors (Lipinski definition) is 2. The Balaban J connectivity index is 0. The summed E-state index contributed by atoms with van der Waals surface area (Å²) in [5.41, 5.74) is 4.42. The SMILES string of the molecule is NC(=O)OI.[NaH]. The molecule has 5 heteroatoms. The Morgan fingerprint density at radius 2 is 2.00 bits per heavy atom. The van der Waals surface area contributed by atoms with Crippen molar-refractivity contribution in [3.05, 3.63) is 0 Å². The van der Waals surface area contributed by atoms with Crippen LogP contribution in [0.4, 0.5) is 4.79 Å². The van der Waals surface area contributed by atoms with Gasteiger partial charge >= 0.3 is 35.7 Å². The molecular weight excluding hydrogens is 208 g/mol. The third kappa shape index (κ3) is 8.89. The second-order valence-corrected chi connectivity index (χ2v) is 0.837. The summed E-state index contributed by atoms with van der Waals surface area (Å²) in [5.74, 6) is 0. The molecule has 0 spiro atoms. The van der Waals surface area contributed by atoms with Crippen molar-refractivity contribution in [2.75, 3.05) is 0 Å². The van der Waals surface area contributed by atoms with Crippen molar-refractivity contribution in [3.63, 3.8) is 0 Å². The molecule has 0 aliphatic carbocycles. The van der Waals surface area contributed by atoms with Crippen LogP contribution in [0.3, 0.4) is 0 Å². The predicted molar refractivity (Wildman–Crippen MR) is 31.8 cm³/mol. The molecule has 0 fully saturated rings. The summed E-state index contributed by atoms with van der Waals surface area (Å²) in [6.07, 6.45) is -0.759. The first kappa shape index (κ1) is 10.1. The molecule has 0 aliphatic rings. The van der Waals surface area contributed by atoms with E-state index in [-0.39, 0.29) is 29.6 Å². The van der Waals surface area contributed by atoms with E-state index in [1.165, 1.54) is 23.0 Å². The van der Waals surface area contributed by atoms with E-state index in [2.05, 4.69) is 8.80 Å². The van der Waals surface area contributed by atoms with Crippen molar-refractivity contribution < 1.29 is 7.86 Å². The molecule has 0 aliphatic heterocycles. The molecule has 0 unspecified atom stereocenters. The van der Waals surface area contributed by atoms with Crippen molar-refractivity contribution in [1.82, 2.24) is 0 Å². The van der Waals surface area contributed by atoms with Gasteiger partial charge in [-0.25, -0.2) is 4.79 Å². The van der Waals surface area contributed by atoms with Gasteiger partial charge in [-0.05, 0) is 0 Å². The summed E-state index contributed by atoms with van der Waals surface area (Å²) in [7, 11) is 0. The van der Waals surface area contributed by atoms with E-state index >= 15 is 0 Å². The Morgan fingerprint density at radius 1 is 1.83 bits per heavy atom. The fourth-order valence-electron chi connectivity index (χ4n) is 0. The Morgan fingerprint density at radius 3 is 2.00 bits per heavy atom. The molecular formula is CH3INNaO2. The van der Waals surface area contributed by atoms with Gasteiger partial charge in [-0.2, -0.15) is 0 Å². The second kappa shape index (κ2) is 6.00. The van der Waals surface area contributed by atoms with Gasteiger partial charge in [-0.3, -0.25) is 0 Å². The Labute approximate surface area is 71.6 Å². The molecule has 3 nitrogen and oxygen atoms in total. The number of carbonyl (C=O) groups is 1. The zero-order valence-corrected chi connectivity index (χ0v) is 4.43. The van der Waals surface area contributed by atoms with Gasteiger partial charge in [0.05, 0.1) is 0 Å². The van der Waals surface area contributed by atoms with Gasteiger partial charge in [-0.1, -0.05) is 0 Å². The molecule has 0 saturated heterocycles. The molecule has 0 atom stereocenters. The third-order valence-electron chi connectivity index (χ3n) is 0.0760. The number of amides is 1. The molecule has 2 N–H and O–H groups in total. The van der Waals surface area contributed by atoms with Crippen LogP contribution in [0.25, 0.3) is 0 Å². The van der Waals surface area contributed by atoms with E-state index < -0.39 is 6.09 Å². The van der Waals surface area contributed by atoms with Crippen molar-refractivity contribution in [2.24, 2.45) is 5.73 Å². The average Bonchev–Trinajstić information content (AvgIpc) is 1.38. The van der Waals surface area contributed by atoms with E-state index in [1.807, 2.05) is 0 Å². The number of primary amides is 1. The molecule has 0 heterocycles. The van der Waals surface area contributed by atoms with Crippen molar-refractivity contribution >= 4 is 58.7 Å². The zero-order valence-electron chi connectivity index (χ0n) is 2.27. The van der Waals surface area contributed by atoms with Gasteiger partial charge < -0.3 is 8.80 Å². The maximum atomic E-state index is 9.36. The van der Waals surface area contributed by atoms with Gasteiger partial charge in [0.2, 0.25) is 0 Å². The Kier molecular flexibility index (Phi) is 10.1. The summed E-state index contributed by atoms with van der Waals surface area (Å²) in [6, 6.07) is 0. The average molecular weight is 211 g/mol. The van der Waals surface area contributed by atoms with Crippen molar-refractivity contribution in [1.29, 1.82) is 0 Å². The molecule has 0 radical (unpaired) electrons. The molecule has 1 amide bonds. The Hall–Kier alpha value is 1.00. The first-order valence-electron chi connectivity index (χ1n) is 0.851. The number of nitrogens with two attached hydrogens (primary N) is 1. The maximum absolute atomic E-state index is 9.36. The van der Waals surface area contributed by atoms with Gasteiger partial charge in [-0.15, -0.1) is 0 Å². The van der Waals surface area contributed by atoms with Crippen LogP contribution < -0.4 is 5.73 Å². The van der Waals surface area contributed by atoms with Crippen LogP contribution in [-0.4, -0.2) is 35.7 Å². The number of rotatable bonds is 0. The van der Waals surface area contributed by atoms with Crippen LogP contribution in [0.2, 0.25) is 0 Å². The fraction of sp³-hybridized carbons (Fsp3) is 0. The van der Waals surface area contributed by atoms with Crippen LogP contribution in [0.15, 0.2) is 0 Å². The quantitative estimate of drug-likeness (QED) is 0.444. The molecule has 6 heavy (non-hydrogen) atoms. The van der Waals surface area contributed by atoms with E-state index in [0.717, 1.165) is 0 Å². The number of carbonyl (C=O) groups excluding carboxylic acids is 1. The van der Waals surface area contributed by atoms with Gasteiger partial charge in [0.15, 0.2) is 23.0 Å². The zero-order chi connectivity index (χ0) is 4.28. The molecule has 0 aromatic rings. The molecule has 0 aromatic heterocycles. The first-order chi connectivity index (χ1) is 2.27. The van der Waals surface area contributed by atoms with Gasteiger partial charge in [0, 0.05) is 0 Å². The summed E-state index contributed by atoms with van der Waals surface area (Å²) in [5, 5.41) is 0. The van der Waals surface area contributed by atoms with Gasteiger partial charge in [0.25, 0.3) is 0 Å². The van der Waals surface area contributed by atoms with Crippen LogP contribution in [0.1, 0.15) is 0 Å². The third-order valence-corrected chi connectivity index (χ3v) is 0.510. The van der Waals surface area contributed by atoms with Gasteiger partial charge in [0.1, 0.15) is 0 Å². The number of hydrogen-bond donors (Lipinski definition) is 1. The van der Waals surface area contributed by atoms with Crippen molar-refractivity contribution in [2.45, 2.75) is 0 Å². The topological polar surface area (TPSA) is 52.3 Å². The van der Waals surface area contributed by atoms with E-state index in [4.69, 9.17) is 0 Å². The Bertz CT molecular complexity index is 48.8. The standard InChI is InChI=1S/CH2INO2.Na.H/c2-5-1(3)4;;/h(H2,3,4);;. The van der Waals surface area contributed by atoms with Crippen LogP contribution >= 0.6 is 23.0 Å². The molecule has 0 aromatic carbocycles. The summed E-state index contributed by atoms with van der Waals surface area (Å²) < 4.78 is 3.86. The summed E-state index contributed by atoms with van der Waals surface area (Å²) in [4.78, 5) is 9.36. The van der Waals surface area contributed by atoms with Crippen LogP contribution in [-0.2, 0) is 3.07 Å². The molecule has 32 valence electrons. The van der Waals surface area contributed by atoms with E-state index in [0.29, 0.717) is 0 Å². The second-order valence-electron chi connectivity index (χ2n) is 0.396. The molecule has 0 saturated carbocycles. The van der Waals surface area contributed by atoms with Crippen LogP contribution in [0, 0.1) is 0 Å².